The number of nitrogens with one attached hydrogen (secondary N) is 1. The molecule has 5 nitrogen and oxygen atoms in total. The average Bonchev–Trinajstić information content (AvgIpc) is 2.45. The number of amides is 1. The van der Waals surface area contributed by atoms with E-state index in [0.717, 1.165) is 12.1 Å². The van der Waals surface area contributed by atoms with E-state index in [9.17, 15) is 23.0 Å². The van der Waals surface area contributed by atoms with Crippen LogP contribution in [-0.2, 0) is 11.0 Å². The zero-order valence-corrected chi connectivity index (χ0v) is 12.7. The fourth-order valence-corrected chi connectivity index (χ4v) is 2.67. The Labute approximate surface area is 132 Å². The van der Waals surface area contributed by atoms with Crippen LogP contribution in [0.1, 0.15) is 18.4 Å². The molecular weight excluding hydrogens is 310 g/mol. The third-order valence-electron chi connectivity index (χ3n) is 3.98. The Bertz CT molecular complexity index is 573. The quantitative estimate of drug-likeness (QED) is 0.586. The van der Waals surface area contributed by atoms with Crippen LogP contribution in [-0.4, -0.2) is 35.9 Å². The molecule has 0 aromatic heterocycles. The predicted molar refractivity (Wildman–Crippen MR) is 82.6 cm³/mol. The lowest BCUT2D eigenvalue weighted by molar-refractivity contribution is -0.137. The molecule has 0 atom stereocenters. The summed E-state index contributed by atoms with van der Waals surface area (Å²) in [6, 6.07) is 3.01. The van der Waals surface area contributed by atoms with Gasteiger partial charge in [-0.15, -0.1) is 0 Å². The van der Waals surface area contributed by atoms with Crippen molar-refractivity contribution in [2.75, 3.05) is 24.1 Å². The smallest absolute Gasteiger partial charge is 0.416 e. The predicted octanol–water partition coefficient (Wildman–Crippen LogP) is 2.05. The van der Waals surface area contributed by atoms with Gasteiger partial charge in [0.2, 0.25) is 5.91 Å². The number of nitrogens with zero attached hydrogens (tertiary/aromatic N) is 1. The van der Waals surface area contributed by atoms with Gasteiger partial charge in [-0.3, -0.25) is 4.79 Å². The van der Waals surface area contributed by atoms with Crippen molar-refractivity contribution in [2.24, 2.45) is 5.92 Å². The first kappa shape index (κ1) is 17.6. The number of carbonyl (C=O) groups excluding carboxylic acids is 1. The molecule has 1 fully saturated rings. The molecule has 0 spiro atoms. The summed E-state index contributed by atoms with van der Waals surface area (Å²) in [5.74, 6) is -0.616. The van der Waals surface area contributed by atoms with Crippen molar-refractivity contribution in [3.05, 3.63) is 23.8 Å². The van der Waals surface area contributed by atoms with Crippen LogP contribution in [0, 0.1) is 5.92 Å². The Morgan fingerprint density at radius 3 is 2.48 bits per heavy atom. The topological polar surface area (TPSA) is 78.6 Å². The fourth-order valence-electron chi connectivity index (χ4n) is 2.67. The van der Waals surface area contributed by atoms with Gasteiger partial charge in [0.05, 0.1) is 5.56 Å². The minimum atomic E-state index is -4.52. The molecule has 23 heavy (non-hydrogen) atoms. The van der Waals surface area contributed by atoms with Crippen molar-refractivity contribution in [1.82, 2.24) is 4.81 Å². The summed E-state index contributed by atoms with van der Waals surface area (Å²) < 4.78 is 38.3. The first-order valence-corrected chi connectivity index (χ1v) is 7.37. The lowest BCUT2D eigenvalue weighted by atomic mass is 9.81. The van der Waals surface area contributed by atoms with E-state index in [4.69, 9.17) is 5.73 Å². The van der Waals surface area contributed by atoms with Crippen LogP contribution in [0.5, 0.6) is 0 Å². The number of nitrogen functional groups attached to an aromatic ring is 1. The molecule has 0 radical (unpaired) electrons. The number of piperidine rings is 1. The summed E-state index contributed by atoms with van der Waals surface area (Å²) >= 11 is 0. The summed E-state index contributed by atoms with van der Waals surface area (Å²) in [5, 5.41) is 12.0. The van der Waals surface area contributed by atoms with Crippen molar-refractivity contribution in [1.29, 1.82) is 0 Å². The van der Waals surface area contributed by atoms with Gasteiger partial charge >= 0.3 is 13.2 Å². The largest absolute Gasteiger partial charge is 0.437 e. The first-order chi connectivity index (χ1) is 10.7. The number of hydrogen-bond acceptors (Lipinski definition) is 4. The molecule has 9 heteroatoms. The van der Waals surface area contributed by atoms with Gasteiger partial charge in [-0.05, 0) is 51.0 Å². The number of hydrogen-bond donors (Lipinski definition) is 3. The molecule has 2 rings (SSSR count). The second kappa shape index (κ2) is 6.80. The van der Waals surface area contributed by atoms with Crippen LogP contribution in [0.4, 0.5) is 24.5 Å². The summed E-state index contributed by atoms with van der Waals surface area (Å²) in [5.41, 5.74) is 4.57. The molecule has 0 bridgehead atoms. The van der Waals surface area contributed by atoms with Crippen molar-refractivity contribution in [2.45, 2.75) is 25.8 Å². The summed E-state index contributed by atoms with van der Waals surface area (Å²) in [4.78, 5) is 14.0. The molecule has 0 aliphatic carbocycles. The fraction of sp³-hybridized carbons (Fsp3) is 0.500. The second-order valence-electron chi connectivity index (χ2n) is 5.77. The highest BCUT2D eigenvalue weighted by molar-refractivity contribution is 6.45. The van der Waals surface area contributed by atoms with Gasteiger partial charge in [-0.25, -0.2) is 0 Å². The third kappa shape index (κ3) is 4.62. The zero-order valence-electron chi connectivity index (χ0n) is 12.7. The molecular formula is C14H19BF3N3O2. The number of nitrogens with two attached hydrogens (primary N) is 1. The number of benzene rings is 1. The molecule has 4 N–H and O–H groups in total. The molecule has 1 heterocycles. The lowest BCUT2D eigenvalue weighted by Gasteiger charge is -2.31. The Hall–Kier alpha value is -1.74. The van der Waals surface area contributed by atoms with Crippen LogP contribution in [0.3, 0.4) is 0 Å². The lowest BCUT2D eigenvalue weighted by Crippen LogP contribution is -2.45. The van der Waals surface area contributed by atoms with Crippen LogP contribution >= 0.6 is 0 Å². The van der Waals surface area contributed by atoms with Gasteiger partial charge in [0.15, 0.2) is 0 Å². The maximum atomic E-state index is 12.8. The molecule has 1 saturated heterocycles. The highest BCUT2D eigenvalue weighted by Crippen LogP contribution is 2.33. The Kier molecular flexibility index (Phi) is 5.21. The molecule has 0 unspecified atom stereocenters. The average molecular weight is 329 g/mol. The van der Waals surface area contributed by atoms with E-state index in [1.165, 1.54) is 6.07 Å². The first-order valence-electron chi connectivity index (χ1n) is 7.37. The molecule has 126 valence electrons. The SMILES string of the molecule is CB(O)N1CCC(C(=O)Nc2cc(N)cc(C(F)(F)F)c2)CC1. The number of halogens is 3. The maximum absolute atomic E-state index is 12.8. The zero-order chi connectivity index (χ0) is 17.2. The number of alkyl halides is 3. The van der Waals surface area contributed by atoms with Crippen LogP contribution in [0.25, 0.3) is 0 Å². The number of anilines is 2. The molecule has 1 aliphatic heterocycles. The monoisotopic (exact) mass is 329 g/mol. The van der Waals surface area contributed by atoms with Crippen LogP contribution in [0.15, 0.2) is 18.2 Å². The van der Waals surface area contributed by atoms with E-state index >= 15 is 0 Å². The Balaban J connectivity index is 2.02. The Morgan fingerprint density at radius 1 is 1.35 bits per heavy atom. The van der Waals surface area contributed by atoms with E-state index in [1.54, 1.807) is 6.82 Å². The summed E-state index contributed by atoms with van der Waals surface area (Å²) in [6.45, 7) is 2.80. The molecule has 1 amide bonds. The summed E-state index contributed by atoms with van der Waals surface area (Å²) in [6.07, 6.45) is -3.42. The third-order valence-corrected chi connectivity index (χ3v) is 3.98. The minimum Gasteiger partial charge on any atom is -0.437 e. The standard InChI is InChI=1S/C14H19BF3N3O2/c1-15(23)21-4-2-9(3-5-21)13(22)20-12-7-10(14(16,17)18)6-11(19)8-12/h6-9,23H,2-5,19H2,1H3,(H,20,22). The van der Waals surface area contributed by atoms with Gasteiger partial charge < -0.3 is 20.9 Å². The van der Waals surface area contributed by atoms with E-state index in [-0.39, 0.29) is 23.2 Å². The number of rotatable bonds is 3. The van der Waals surface area contributed by atoms with Crippen molar-refractivity contribution < 1.29 is 23.0 Å². The molecule has 1 aromatic carbocycles. The van der Waals surface area contributed by atoms with Crippen LogP contribution in [0.2, 0.25) is 6.82 Å². The van der Waals surface area contributed by atoms with E-state index in [2.05, 4.69) is 5.32 Å². The molecule has 1 aliphatic rings. The minimum absolute atomic E-state index is 0.0419. The normalized spacial score (nSPS) is 17.1. The van der Waals surface area contributed by atoms with Gasteiger partial charge in [-0.1, -0.05) is 0 Å². The maximum Gasteiger partial charge on any atom is 0.416 e. The highest BCUT2D eigenvalue weighted by Gasteiger charge is 2.32. The van der Waals surface area contributed by atoms with Crippen molar-refractivity contribution in [3.63, 3.8) is 0 Å². The van der Waals surface area contributed by atoms with Gasteiger partial charge in [0, 0.05) is 17.3 Å². The van der Waals surface area contributed by atoms with Crippen molar-refractivity contribution in [3.8, 4) is 0 Å². The van der Waals surface area contributed by atoms with Gasteiger partial charge in [0.25, 0.3) is 0 Å². The van der Waals surface area contributed by atoms with E-state index in [0.29, 0.717) is 25.9 Å². The summed E-state index contributed by atoms with van der Waals surface area (Å²) in [7, 11) is -0.567. The van der Waals surface area contributed by atoms with Gasteiger partial charge in [0.1, 0.15) is 0 Å². The van der Waals surface area contributed by atoms with E-state index in [1.807, 2.05) is 4.81 Å². The van der Waals surface area contributed by atoms with Crippen LogP contribution < -0.4 is 11.1 Å². The number of carbonyl (C=O) groups is 1. The second-order valence-corrected chi connectivity index (χ2v) is 5.77. The molecule has 0 saturated carbocycles. The Morgan fingerprint density at radius 2 is 1.96 bits per heavy atom. The van der Waals surface area contributed by atoms with E-state index < -0.39 is 18.8 Å². The highest BCUT2D eigenvalue weighted by atomic mass is 19.4. The van der Waals surface area contributed by atoms with Gasteiger partial charge in [-0.2, -0.15) is 13.2 Å². The van der Waals surface area contributed by atoms with Crippen molar-refractivity contribution >= 4 is 24.3 Å². The molecule has 1 aromatic rings.